The number of carbonyl (C=O) groups excluding carboxylic acids is 1. The van der Waals surface area contributed by atoms with E-state index in [9.17, 15) is 4.79 Å². The Bertz CT molecular complexity index is 590. The number of benzene rings is 2. The predicted molar refractivity (Wildman–Crippen MR) is 79.7 cm³/mol. The molecule has 19 heavy (non-hydrogen) atoms. The van der Waals surface area contributed by atoms with Crippen molar-refractivity contribution in [2.75, 3.05) is 5.32 Å². The van der Waals surface area contributed by atoms with Crippen LogP contribution >= 0.6 is 11.6 Å². The Kier molecular flexibility index (Phi) is 4.23. The van der Waals surface area contributed by atoms with E-state index in [1.165, 1.54) is 5.56 Å². The van der Waals surface area contributed by atoms with E-state index < -0.39 is 0 Å². The van der Waals surface area contributed by atoms with E-state index in [2.05, 4.69) is 11.4 Å². The van der Waals surface area contributed by atoms with Gasteiger partial charge in [0.1, 0.15) is 0 Å². The molecule has 98 valence electrons. The summed E-state index contributed by atoms with van der Waals surface area (Å²) >= 11 is 5.80. The first-order valence-electron chi connectivity index (χ1n) is 6.16. The van der Waals surface area contributed by atoms with Gasteiger partial charge in [0.05, 0.1) is 6.42 Å². The van der Waals surface area contributed by atoms with Crippen molar-refractivity contribution in [2.45, 2.75) is 20.3 Å². The molecule has 1 amide bonds. The van der Waals surface area contributed by atoms with Gasteiger partial charge in [0.2, 0.25) is 5.91 Å². The maximum Gasteiger partial charge on any atom is 0.228 e. The van der Waals surface area contributed by atoms with Crippen molar-refractivity contribution in [1.29, 1.82) is 0 Å². The van der Waals surface area contributed by atoms with E-state index in [4.69, 9.17) is 11.6 Å². The minimum absolute atomic E-state index is 0.0192. The molecule has 0 spiro atoms. The van der Waals surface area contributed by atoms with Crippen LogP contribution in [0.2, 0.25) is 5.02 Å². The van der Waals surface area contributed by atoms with Crippen LogP contribution in [0.3, 0.4) is 0 Å². The second-order valence-corrected chi connectivity index (χ2v) is 5.10. The molecule has 0 aromatic heterocycles. The van der Waals surface area contributed by atoms with Crippen LogP contribution in [0.4, 0.5) is 5.69 Å². The Balaban J connectivity index is 2.03. The van der Waals surface area contributed by atoms with Crippen LogP contribution in [-0.2, 0) is 11.2 Å². The van der Waals surface area contributed by atoms with E-state index in [0.717, 1.165) is 16.8 Å². The van der Waals surface area contributed by atoms with Gasteiger partial charge >= 0.3 is 0 Å². The number of nitrogens with one attached hydrogen (secondary N) is 1. The van der Waals surface area contributed by atoms with Crippen LogP contribution < -0.4 is 5.32 Å². The summed E-state index contributed by atoms with van der Waals surface area (Å²) in [6.07, 6.45) is 0.384. The molecule has 1 N–H and O–H groups in total. The predicted octanol–water partition coefficient (Wildman–Crippen LogP) is 4.14. The average molecular weight is 274 g/mol. The lowest BCUT2D eigenvalue weighted by Crippen LogP contribution is -2.14. The zero-order valence-electron chi connectivity index (χ0n) is 11.0. The number of amides is 1. The van der Waals surface area contributed by atoms with E-state index in [0.29, 0.717) is 11.4 Å². The fourth-order valence-corrected chi connectivity index (χ4v) is 2.08. The third-order valence-electron chi connectivity index (χ3n) is 2.98. The zero-order valence-corrected chi connectivity index (χ0v) is 11.8. The minimum Gasteiger partial charge on any atom is -0.326 e. The number of carbonyl (C=O) groups is 1. The van der Waals surface area contributed by atoms with Crippen LogP contribution in [-0.4, -0.2) is 5.91 Å². The average Bonchev–Trinajstić information content (AvgIpc) is 2.36. The van der Waals surface area contributed by atoms with Crippen molar-refractivity contribution in [1.82, 2.24) is 0 Å². The highest BCUT2D eigenvalue weighted by molar-refractivity contribution is 6.30. The molecular formula is C16H16ClNO. The maximum absolute atomic E-state index is 12.0. The van der Waals surface area contributed by atoms with Crippen LogP contribution in [0.1, 0.15) is 16.7 Å². The number of halogens is 1. The van der Waals surface area contributed by atoms with Crippen molar-refractivity contribution in [3.8, 4) is 0 Å². The molecule has 0 heterocycles. The molecule has 0 saturated carbocycles. The summed E-state index contributed by atoms with van der Waals surface area (Å²) in [7, 11) is 0. The van der Waals surface area contributed by atoms with Gasteiger partial charge in [-0.25, -0.2) is 0 Å². The number of rotatable bonds is 3. The highest BCUT2D eigenvalue weighted by Gasteiger charge is 2.06. The third-order valence-corrected chi connectivity index (χ3v) is 3.23. The molecule has 0 bridgehead atoms. The van der Waals surface area contributed by atoms with Gasteiger partial charge in [-0.1, -0.05) is 35.4 Å². The molecule has 0 unspecified atom stereocenters. The lowest BCUT2D eigenvalue weighted by Gasteiger charge is -2.08. The second kappa shape index (κ2) is 5.89. The van der Waals surface area contributed by atoms with Gasteiger partial charge in [-0.05, 0) is 49.2 Å². The van der Waals surface area contributed by atoms with Crippen LogP contribution in [0.5, 0.6) is 0 Å². The molecule has 0 atom stereocenters. The molecule has 2 nitrogen and oxygen atoms in total. The fraction of sp³-hybridized carbons (Fsp3) is 0.188. The van der Waals surface area contributed by atoms with Crippen molar-refractivity contribution in [2.24, 2.45) is 0 Å². The Hall–Kier alpha value is -1.80. The summed E-state index contributed by atoms with van der Waals surface area (Å²) in [5.74, 6) is -0.0192. The van der Waals surface area contributed by atoms with Gasteiger partial charge in [0.25, 0.3) is 0 Å². The number of hydrogen-bond donors (Lipinski definition) is 1. The molecule has 0 radical (unpaired) electrons. The molecule has 2 rings (SSSR count). The Morgan fingerprint density at radius 1 is 1.11 bits per heavy atom. The first-order chi connectivity index (χ1) is 9.04. The maximum atomic E-state index is 12.0. The standard InChI is InChI=1S/C16H16ClNO/c1-11-3-4-13(12(2)9-11)10-16(19)18-15-7-5-14(17)6-8-15/h3-9H,10H2,1-2H3,(H,18,19). The van der Waals surface area contributed by atoms with E-state index in [1.54, 1.807) is 24.3 Å². The van der Waals surface area contributed by atoms with Gasteiger partial charge < -0.3 is 5.32 Å². The van der Waals surface area contributed by atoms with Crippen molar-refractivity contribution in [3.63, 3.8) is 0 Å². The largest absolute Gasteiger partial charge is 0.326 e. The Morgan fingerprint density at radius 3 is 2.42 bits per heavy atom. The smallest absolute Gasteiger partial charge is 0.228 e. The van der Waals surface area contributed by atoms with Crippen LogP contribution in [0.25, 0.3) is 0 Å². The summed E-state index contributed by atoms with van der Waals surface area (Å²) in [5, 5.41) is 3.52. The van der Waals surface area contributed by atoms with Crippen LogP contribution in [0, 0.1) is 13.8 Å². The summed E-state index contributed by atoms with van der Waals surface area (Å²) in [6.45, 7) is 4.07. The molecule has 0 aliphatic rings. The van der Waals surface area contributed by atoms with E-state index in [1.807, 2.05) is 26.0 Å². The molecular weight excluding hydrogens is 258 g/mol. The molecule has 2 aromatic rings. The van der Waals surface area contributed by atoms with E-state index >= 15 is 0 Å². The molecule has 0 aliphatic carbocycles. The van der Waals surface area contributed by atoms with Crippen LogP contribution in [0.15, 0.2) is 42.5 Å². The van der Waals surface area contributed by atoms with Gasteiger partial charge in [-0.15, -0.1) is 0 Å². The quantitative estimate of drug-likeness (QED) is 0.895. The Labute approximate surface area is 118 Å². The van der Waals surface area contributed by atoms with Gasteiger partial charge in [-0.2, -0.15) is 0 Å². The summed E-state index contributed by atoms with van der Waals surface area (Å²) < 4.78 is 0. The fourth-order valence-electron chi connectivity index (χ4n) is 1.96. The molecule has 0 saturated heterocycles. The topological polar surface area (TPSA) is 29.1 Å². The first-order valence-corrected chi connectivity index (χ1v) is 6.54. The monoisotopic (exact) mass is 273 g/mol. The third kappa shape index (κ3) is 3.83. The first kappa shape index (κ1) is 13.6. The highest BCUT2D eigenvalue weighted by Crippen LogP contribution is 2.15. The number of anilines is 1. The normalized spacial score (nSPS) is 10.3. The SMILES string of the molecule is Cc1ccc(CC(=O)Nc2ccc(Cl)cc2)c(C)c1. The van der Waals surface area contributed by atoms with Gasteiger partial charge in [0.15, 0.2) is 0 Å². The van der Waals surface area contributed by atoms with Crippen molar-refractivity contribution in [3.05, 3.63) is 64.2 Å². The van der Waals surface area contributed by atoms with Gasteiger partial charge in [0, 0.05) is 10.7 Å². The number of hydrogen-bond acceptors (Lipinski definition) is 1. The molecule has 2 aromatic carbocycles. The van der Waals surface area contributed by atoms with Crippen molar-refractivity contribution >= 4 is 23.2 Å². The summed E-state index contributed by atoms with van der Waals surface area (Å²) in [6, 6.07) is 13.2. The minimum atomic E-state index is -0.0192. The number of aryl methyl sites for hydroxylation is 2. The van der Waals surface area contributed by atoms with Crippen molar-refractivity contribution < 1.29 is 4.79 Å². The zero-order chi connectivity index (χ0) is 13.8. The summed E-state index contributed by atoms with van der Waals surface area (Å²) in [5.41, 5.74) is 4.17. The second-order valence-electron chi connectivity index (χ2n) is 4.66. The summed E-state index contributed by atoms with van der Waals surface area (Å²) in [4.78, 5) is 12.0. The lowest BCUT2D eigenvalue weighted by molar-refractivity contribution is -0.115. The van der Waals surface area contributed by atoms with Gasteiger partial charge in [-0.3, -0.25) is 4.79 Å². The lowest BCUT2D eigenvalue weighted by atomic mass is 10.0. The Morgan fingerprint density at radius 2 is 1.79 bits per heavy atom. The molecule has 3 heteroatoms. The molecule has 0 aliphatic heterocycles. The molecule has 0 fully saturated rings. The van der Waals surface area contributed by atoms with E-state index in [-0.39, 0.29) is 5.91 Å². The highest BCUT2D eigenvalue weighted by atomic mass is 35.5.